The Morgan fingerprint density at radius 2 is 1.59 bits per heavy atom. The number of aromatic nitrogens is 1. The van der Waals surface area contributed by atoms with Crippen molar-refractivity contribution in [3.8, 4) is 0 Å². The van der Waals surface area contributed by atoms with Gasteiger partial charge in [0.05, 0.1) is 15.2 Å². The molecule has 0 saturated heterocycles. The fraction of sp³-hybridized carbons (Fsp3) is 0.533. The van der Waals surface area contributed by atoms with Crippen molar-refractivity contribution in [3.63, 3.8) is 0 Å². The highest BCUT2D eigenvalue weighted by atomic mass is 32.1. The maximum atomic E-state index is 4.78. The second-order valence-corrected chi connectivity index (χ2v) is 7.73. The van der Waals surface area contributed by atoms with Crippen molar-refractivity contribution in [2.75, 3.05) is 0 Å². The first-order chi connectivity index (χ1) is 7.68. The predicted octanol–water partition coefficient (Wildman–Crippen LogP) is 4.89. The summed E-state index contributed by atoms with van der Waals surface area (Å²) in [4.78, 5) is 4.78. The molecule has 0 radical (unpaired) electrons. The van der Waals surface area contributed by atoms with Crippen LogP contribution in [0.25, 0.3) is 10.2 Å². The molecule has 0 spiro atoms. The van der Waals surface area contributed by atoms with Crippen molar-refractivity contribution >= 4 is 21.6 Å². The van der Waals surface area contributed by atoms with Gasteiger partial charge in [-0.15, -0.1) is 11.3 Å². The van der Waals surface area contributed by atoms with Gasteiger partial charge in [0.25, 0.3) is 0 Å². The molecule has 0 amide bonds. The number of hydrogen-bond acceptors (Lipinski definition) is 2. The largest absolute Gasteiger partial charge is 0.241 e. The van der Waals surface area contributed by atoms with Crippen LogP contribution in [0, 0.1) is 0 Å². The number of rotatable bonds is 0. The predicted molar refractivity (Wildman–Crippen MR) is 77.0 cm³/mol. The van der Waals surface area contributed by atoms with E-state index in [9.17, 15) is 0 Å². The summed E-state index contributed by atoms with van der Waals surface area (Å²) in [5.74, 6) is 0. The normalized spacial score (nSPS) is 13.3. The molecule has 0 bridgehead atoms. The highest BCUT2D eigenvalue weighted by molar-refractivity contribution is 7.18. The summed E-state index contributed by atoms with van der Waals surface area (Å²) >= 11 is 1.81. The molecule has 0 unspecified atom stereocenters. The third-order valence-electron chi connectivity index (χ3n) is 2.90. The number of benzene rings is 1. The van der Waals surface area contributed by atoms with Crippen molar-refractivity contribution in [2.45, 2.75) is 52.4 Å². The van der Waals surface area contributed by atoms with Crippen LogP contribution in [-0.2, 0) is 10.8 Å². The van der Waals surface area contributed by atoms with Gasteiger partial charge in [0, 0.05) is 5.41 Å². The average molecular weight is 247 g/mol. The van der Waals surface area contributed by atoms with Gasteiger partial charge < -0.3 is 0 Å². The SMILES string of the molecule is CC(C)(C)c1ccc2sc(C(C)(C)C)nc2c1. The molecule has 0 aliphatic rings. The lowest BCUT2D eigenvalue weighted by atomic mass is 9.87. The molecule has 2 rings (SSSR count). The van der Waals surface area contributed by atoms with Gasteiger partial charge >= 0.3 is 0 Å². The van der Waals surface area contributed by atoms with Crippen LogP contribution in [0.4, 0.5) is 0 Å². The molecule has 0 aliphatic heterocycles. The van der Waals surface area contributed by atoms with Gasteiger partial charge in [0.15, 0.2) is 0 Å². The molecule has 1 heterocycles. The summed E-state index contributed by atoms with van der Waals surface area (Å²) in [6, 6.07) is 6.68. The molecule has 0 atom stereocenters. The first-order valence-electron chi connectivity index (χ1n) is 6.09. The van der Waals surface area contributed by atoms with Crippen LogP contribution in [0.3, 0.4) is 0 Å². The Bertz CT molecular complexity index is 526. The first-order valence-corrected chi connectivity index (χ1v) is 6.91. The van der Waals surface area contributed by atoms with E-state index in [2.05, 4.69) is 59.7 Å². The van der Waals surface area contributed by atoms with Crippen LogP contribution in [-0.4, -0.2) is 4.98 Å². The molecule has 2 aromatic rings. The highest BCUT2D eigenvalue weighted by Gasteiger charge is 2.20. The fourth-order valence-electron chi connectivity index (χ4n) is 1.71. The van der Waals surface area contributed by atoms with Crippen LogP contribution in [0.2, 0.25) is 0 Å². The Labute approximate surface area is 108 Å². The Balaban J connectivity index is 2.56. The van der Waals surface area contributed by atoms with E-state index in [4.69, 9.17) is 4.98 Å². The van der Waals surface area contributed by atoms with E-state index in [1.165, 1.54) is 15.3 Å². The van der Waals surface area contributed by atoms with Crippen LogP contribution >= 0.6 is 11.3 Å². The Morgan fingerprint density at radius 3 is 2.12 bits per heavy atom. The van der Waals surface area contributed by atoms with Crippen LogP contribution in [0.5, 0.6) is 0 Å². The smallest absolute Gasteiger partial charge is 0.0992 e. The molecule has 0 fully saturated rings. The van der Waals surface area contributed by atoms with Crippen LogP contribution in [0.15, 0.2) is 18.2 Å². The number of thiazole rings is 1. The second kappa shape index (κ2) is 3.81. The standard InChI is InChI=1S/C15H21NS/c1-14(2,3)10-7-8-12-11(9-10)16-13(17-12)15(4,5)6/h7-9H,1-6H3. The summed E-state index contributed by atoms with van der Waals surface area (Å²) in [6.07, 6.45) is 0. The van der Waals surface area contributed by atoms with E-state index in [1.54, 1.807) is 0 Å². The summed E-state index contributed by atoms with van der Waals surface area (Å²) < 4.78 is 1.29. The Hall–Kier alpha value is -0.890. The van der Waals surface area contributed by atoms with Gasteiger partial charge in [0.2, 0.25) is 0 Å². The average Bonchev–Trinajstić information content (AvgIpc) is 2.57. The highest BCUT2D eigenvalue weighted by Crippen LogP contribution is 2.33. The van der Waals surface area contributed by atoms with E-state index in [0.717, 1.165) is 5.52 Å². The topological polar surface area (TPSA) is 12.9 Å². The van der Waals surface area contributed by atoms with E-state index in [0.29, 0.717) is 0 Å². The van der Waals surface area contributed by atoms with Crippen LogP contribution < -0.4 is 0 Å². The van der Waals surface area contributed by atoms with E-state index >= 15 is 0 Å². The maximum absolute atomic E-state index is 4.78. The molecule has 0 saturated carbocycles. The minimum absolute atomic E-state index is 0.144. The first kappa shape index (κ1) is 12.6. The number of fused-ring (bicyclic) bond motifs is 1. The zero-order valence-electron chi connectivity index (χ0n) is 11.6. The van der Waals surface area contributed by atoms with E-state index in [1.807, 2.05) is 11.3 Å². The Morgan fingerprint density at radius 1 is 0.941 bits per heavy atom. The van der Waals surface area contributed by atoms with Gasteiger partial charge in [-0.3, -0.25) is 0 Å². The Kier molecular flexibility index (Phi) is 2.81. The molecule has 2 heteroatoms. The number of hydrogen-bond donors (Lipinski definition) is 0. The van der Waals surface area contributed by atoms with E-state index < -0.39 is 0 Å². The second-order valence-electron chi connectivity index (χ2n) is 6.70. The summed E-state index contributed by atoms with van der Waals surface area (Å²) in [5, 5.41) is 1.22. The van der Waals surface area contributed by atoms with Gasteiger partial charge in [-0.1, -0.05) is 47.6 Å². The lowest BCUT2D eigenvalue weighted by Gasteiger charge is -2.18. The summed E-state index contributed by atoms with van der Waals surface area (Å²) in [7, 11) is 0. The lowest BCUT2D eigenvalue weighted by Crippen LogP contribution is -2.11. The third-order valence-corrected chi connectivity index (χ3v) is 4.36. The molecule has 92 valence electrons. The zero-order valence-corrected chi connectivity index (χ0v) is 12.4. The van der Waals surface area contributed by atoms with E-state index in [-0.39, 0.29) is 10.8 Å². The van der Waals surface area contributed by atoms with Gasteiger partial charge in [0.1, 0.15) is 0 Å². The summed E-state index contributed by atoms with van der Waals surface area (Å²) in [6.45, 7) is 13.4. The monoisotopic (exact) mass is 247 g/mol. The zero-order chi connectivity index (χ0) is 12.8. The minimum Gasteiger partial charge on any atom is -0.241 e. The van der Waals surface area contributed by atoms with Gasteiger partial charge in [-0.05, 0) is 23.1 Å². The molecular weight excluding hydrogens is 226 g/mol. The fourth-order valence-corrected chi connectivity index (χ4v) is 2.72. The van der Waals surface area contributed by atoms with Crippen molar-refractivity contribution in [1.82, 2.24) is 4.98 Å². The molecule has 1 nitrogen and oxygen atoms in total. The molecule has 17 heavy (non-hydrogen) atoms. The lowest BCUT2D eigenvalue weighted by molar-refractivity contribution is 0.586. The molecule has 1 aromatic carbocycles. The summed E-state index contributed by atoms with van der Waals surface area (Å²) in [5.41, 5.74) is 2.84. The molecule has 0 N–H and O–H groups in total. The number of nitrogens with zero attached hydrogens (tertiary/aromatic N) is 1. The van der Waals surface area contributed by atoms with Gasteiger partial charge in [-0.25, -0.2) is 4.98 Å². The van der Waals surface area contributed by atoms with Crippen LogP contribution in [0.1, 0.15) is 52.1 Å². The van der Waals surface area contributed by atoms with Crippen molar-refractivity contribution < 1.29 is 0 Å². The quantitative estimate of drug-likeness (QED) is 0.646. The molecular formula is C15H21NS. The third kappa shape index (κ3) is 2.52. The van der Waals surface area contributed by atoms with Crippen molar-refractivity contribution in [2.24, 2.45) is 0 Å². The van der Waals surface area contributed by atoms with Crippen molar-refractivity contribution in [1.29, 1.82) is 0 Å². The maximum Gasteiger partial charge on any atom is 0.0992 e. The molecule has 0 aliphatic carbocycles. The molecule has 1 aromatic heterocycles. The minimum atomic E-state index is 0.144. The van der Waals surface area contributed by atoms with Gasteiger partial charge in [-0.2, -0.15) is 0 Å². The van der Waals surface area contributed by atoms with Crippen molar-refractivity contribution in [3.05, 3.63) is 28.8 Å².